The molecule has 4 heteroatoms. The van der Waals surface area contributed by atoms with Crippen LogP contribution in [0.1, 0.15) is 24.3 Å². The van der Waals surface area contributed by atoms with Gasteiger partial charge < -0.3 is 14.5 Å². The molecule has 0 bridgehead atoms. The van der Waals surface area contributed by atoms with Crippen molar-refractivity contribution in [2.75, 3.05) is 6.61 Å². The predicted molar refractivity (Wildman–Crippen MR) is 71.0 cm³/mol. The van der Waals surface area contributed by atoms with Gasteiger partial charge in [0.25, 0.3) is 0 Å². The number of fused-ring (bicyclic) bond motifs is 1. The van der Waals surface area contributed by atoms with Crippen LogP contribution in [0.4, 0.5) is 0 Å². The summed E-state index contributed by atoms with van der Waals surface area (Å²) in [5, 5.41) is 3.40. The van der Waals surface area contributed by atoms with Crippen molar-refractivity contribution in [1.29, 1.82) is 0 Å². The minimum atomic E-state index is 0.674. The number of oxazole rings is 1. The maximum Gasteiger partial charge on any atom is 0.208 e. The van der Waals surface area contributed by atoms with Gasteiger partial charge in [0.1, 0.15) is 5.75 Å². The average Bonchev–Trinajstić information content (AvgIpc) is 2.96. The van der Waals surface area contributed by atoms with Crippen LogP contribution in [-0.4, -0.2) is 17.6 Å². The highest BCUT2D eigenvalue weighted by Gasteiger charge is 2.21. The average molecular weight is 256 g/mol. The van der Waals surface area contributed by atoms with E-state index >= 15 is 0 Å². The second-order valence-corrected chi connectivity index (χ2v) is 5.19. The Kier molecular flexibility index (Phi) is 2.55. The van der Waals surface area contributed by atoms with Crippen molar-refractivity contribution in [2.24, 2.45) is 0 Å². The summed E-state index contributed by atoms with van der Waals surface area (Å²) in [4.78, 5) is 4.33. The number of nitrogens with zero attached hydrogens (tertiary/aromatic N) is 1. The van der Waals surface area contributed by atoms with E-state index in [4.69, 9.17) is 9.15 Å². The Hall–Kier alpha value is -1.81. The maximum atomic E-state index is 5.79. The molecule has 2 heterocycles. The smallest absolute Gasteiger partial charge is 0.208 e. The van der Waals surface area contributed by atoms with E-state index in [2.05, 4.69) is 16.4 Å². The zero-order valence-electron chi connectivity index (χ0n) is 10.7. The Balaban J connectivity index is 1.54. The normalized spacial score (nSPS) is 17.3. The summed E-state index contributed by atoms with van der Waals surface area (Å²) in [6, 6.07) is 6.86. The van der Waals surface area contributed by atoms with E-state index in [1.807, 2.05) is 12.1 Å². The summed E-state index contributed by atoms with van der Waals surface area (Å²) >= 11 is 0. The van der Waals surface area contributed by atoms with E-state index in [1.165, 1.54) is 18.4 Å². The summed E-state index contributed by atoms with van der Waals surface area (Å²) < 4.78 is 11.3. The Morgan fingerprint density at radius 1 is 1.32 bits per heavy atom. The number of hydrogen-bond donors (Lipinski definition) is 1. The van der Waals surface area contributed by atoms with Crippen LogP contribution in [0.15, 0.2) is 28.8 Å². The summed E-state index contributed by atoms with van der Waals surface area (Å²) in [5.41, 5.74) is 2.33. The van der Waals surface area contributed by atoms with Gasteiger partial charge in [0.15, 0.2) is 5.76 Å². The first-order valence-corrected chi connectivity index (χ1v) is 6.83. The lowest BCUT2D eigenvalue weighted by molar-refractivity contribution is 0.357. The van der Waals surface area contributed by atoms with E-state index in [9.17, 15) is 0 Å². The lowest BCUT2D eigenvalue weighted by Crippen LogP contribution is -2.15. The van der Waals surface area contributed by atoms with Gasteiger partial charge in [-0.25, -0.2) is 4.98 Å². The lowest BCUT2D eigenvalue weighted by atomic mass is 10.1. The molecule has 4 nitrogen and oxygen atoms in total. The summed E-state index contributed by atoms with van der Waals surface area (Å²) in [6.45, 7) is 1.50. The third-order valence-electron chi connectivity index (χ3n) is 3.65. The fraction of sp³-hybridized carbons (Fsp3) is 0.400. The third kappa shape index (κ3) is 2.24. The van der Waals surface area contributed by atoms with Crippen molar-refractivity contribution >= 4 is 0 Å². The van der Waals surface area contributed by atoms with Gasteiger partial charge in [-0.15, -0.1) is 0 Å². The fourth-order valence-electron chi connectivity index (χ4n) is 2.38. The Labute approximate surface area is 111 Å². The number of aromatic nitrogens is 1. The molecule has 1 saturated carbocycles. The number of hydrogen-bond acceptors (Lipinski definition) is 4. The topological polar surface area (TPSA) is 47.3 Å². The molecule has 0 atom stereocenters. The first kappa shape index (κ1) is 11.1. The number of rotatable bonds is 4. The largest absolute Gasteiger partial charge is 0.493 e. The number of nitrogens with one attached hydrogen (secondary N) is 1. The second-order valence-electron chi connectivity index (χ2n) is 5.19. The fourth-order valence-corrected chi connectivity index (χ4v) is 2.38. The first-order valence-electron chi connectivity index (χ1n) is 6.83. The highest BCUT2D eigenvalue weighted by atomic mass is 16.5. The van der Waals surface area contributed by atoms with Crippen molar-refractivity contribution in [3.63, 3.8) is 0 Å². The van der Waals surface area contributed by atoms with Crippen LogP contribution in [0.2, 0.25) is 0 Å². The molecule has 0 radical (unpaired) electrons. The van der Waals surface area contributed by atoms with Crippen LogP contribution in [-0.2, 0) is 13.0 Å². The molecule has 4 rings (SSSR count). The van der Waals surface area contributed by atoms with Gasteiger partial charge in [0.05, 0.1) is 19.3 Å². The predicted octanol–water partition coefficient (Wildman–Crippen LogP) is 2.53. The van der Waals surface area contributed by atoms with Crippen LogP contribution in [0.3, 0.4) is 0 Å². The van der Waals surface area contributed by atoms with E-state index in [1.54, 1.807) is 6.20 Å². The molecule has 1 aromatic heterocycles. The lowest BCUT2D eigenvalue weighted by Gasteiger charge is -2.01. The van der Waals surface area contributed by atoms with E-state index < -0.39 is 0 Å². The van der Waals surface area contributed by atoms with Crippen molar-refractivity contribution in [3.8, 4) is 17.1 Å². The van der Waals surface area contributed by atoms with Crippen LogP contribution < -0.4 is 10.1 Å². The van der Waals surface area contributed by atoms with Crippen LogP contribution in [0.5, 0.6) is 5.75 Å². The van der Waals surface area contributed by atoms with Gasteiger partial charge in [-0.3, -0.25) is 0 Å². The van der Waals surface area contributed by atoms with Gasteiger partial charge in [-0.1, -0.05) is 0 Å². The zero-order chi connectivity index (χ0) is 12.7. The quantitative estimate of drug-likeness (QED) is 0.913. The Morgan fingerprint density at radius 2 is 2.26 bits per heavy atom. The van der Waals surface area contributed by atoms with Gasteiger partial charge in [0, 0.05) is 18.0 Å². The van der Waals surface area contributed by atoms with Gasteiger partial charge in [-0.2, -0.15) is 0 Å². The highest BCUT2D eigenvalue weighted by Crippen LogP contribution is 2.30. The molecule has 1 aromatic carbocycles. The van der Waals surface area contributed by atoms with Crippen molar-refractivity contribution in [2.45, 2.75) is 31.8 Å². The van der Waals surface area contributed by atoms with Crippen LogP contribution >= 0.6 is 0 Å². The Morgan fingerprint density at radius 3 is 3.16 bits per heavy atom. The van der Waals surface area contributed by atoms with Gasteiger partial charge in [0.2, 0.25) is 5.89 Å². The van der Waals surface area contributed by atoms with Crippen molar-refractivity contribution in [1.82, 2.24) is 10.3 Å². The van der Waals surface area contributed by atoms with E-state index in [-0.39, 0.29) is 0 Å². The molecule has 0 saturated heterocycles. The van der Waals surface area contributed by atoms with Crippen LogP contribution in [0, 0.1) is 0 Å². The zero-order valence-corrected chi connectivity index (χ0v) is 10.7. The summed E-state index contributed by atoms with van der Waals surface area (Å²) in [5.74, 6) is 2.60. The monoisotopic (exact) mass is 256 g/mol. The van der Waals surface area contributed by atoms with Crippen molar-refractivity contribution < 1.29 is 9.15 Å². The standard InChI is InChI=1S/C15H16N2O2/c1-4-13-11(5-6-18-13)7-10(1)14-8-17-15(19-14)9-16-12-2-3-12/h1,4,7-8,12,16H,2-3,5-6,9H2. The molecule has 2 aromatic rings. The molecular formula is C15H16N2O2. The second kappa shape index (κ2) is 4.38. The molecule has 2 aliphatic rings. The SMILES string of the molecule is c1cc2c(cc1-c1cnc(CNC3CC3)o1)CCO2. The summed E-state index contributed by atoms with van der Waals surface area (Å²) in [7, 11) is 0. The minimum Gasteiger partial charge on any atom is -0.493 e. The van der Waals surface area contributed by atoms with E-state index in [0.717, 1.165) is 42.5 Å². The molecule has 1 aliphatic carbocycles. The molecule has 0 amide bonds. The first-order chi connectivity index (χ1) is 9.38. The molecule has 1 N–H and O–H groups in total. The molecule has 1 aliphatic heterocycles. The van der Waals surface area contributed by atoms with Crippen LogP contribution in [0.25, 0.3) is 11.3 Å². The third-order valence-corrected chi connectivity index (χ3v) is 3.65. The molecule has 98 valence electrons. The molecule has 0 spiro atoms. The van der Waals surface area contributed by atoms with E-state index in [0.29, 0.717) is 6.04 Å². The maximum absolute atomic E-state index is 5.79. The highest BCUT2D eigenvalue weighted by molar-refractivity contribution is 5.60. The van der Waals surface area contributed by atoms with Gasteiger partial charge >= 0.3 is 0 Å². The van der Waals surface area contributed by atoms with Crippen molar-refractivity contribution in [3.05, 3.63) is 35.9 Å². The Bertz CT molecular complexity index is 602. The van der Waals surface area contributed by atoms with Gasteiger partial charge in [-0.05, 0) is 36.6 Å². The molecule has 0 unspecified atom stereocenters. The summed E-state index contributed by atoms with van der Waals surface area (Å²) in [6.07, 6.45) is 5.34. The molecule has 1 fully saturated rings. The molecule has 19 heavy (non-hydrogen) atoms. The molecular weight excluding hydrogens is 240 g/mol. The minimum absolute atomic E-state index is 0.674. The number of ether oxygens (including phenoxy) is 1. The number of benzene rings is 1.